The number of nitrogens with two attached hydrogens (primary N) is 1. The van der Waals surface area contributed by atoms with Gasteiger partial charge in [0.15, 0.2) is 5.82 Å². The van der Waals surface area contributed by atoms with E-state index < -0.39 is 0 Å². The van der Waals surface area contributed by atoms with Gasteiger partial charge in [0, 0.05) is 26.4 Å². The van der Waals surface area contributed by atoms with Gasteiger partial charge in [-0.2, -0.15) is 0 Å². The van der Waals surface area contributed by atoms with E-state index in [1.54, 1.807) is 6.07 Å². The standard InChI is InChI=1S/C17H25FN4O.2ClH/c1-22-14-8-6-7-13(18)17(14)21-15(22)10-12-20-16(23)9-4-2-3-5-11-19;;/h6-8H,2-5,9-12,19H2,1H3,(H,20,23);2*1H. The van der Waals surface area contributed by atoms with E-state index in [-0.39, 0.29) is 36.5 Å². The lowest BCUT2D eigenvalue weighted by molar-refractivity contribution is -0.121. The largest absolute Gasteiger partial charge is 0.356 e. The maximum absolute atomic E-state index is 13.7. The number of hydrogen-bond donors (Lipinski definition) is 2. The van der Waals surface area contributed by atoms with E-state index in [2.05, 4.69) is 10.3 Å². The molecule has 0 aliphatic carbocycles. The number of nitrogens with zero attached hydrogens (tertiary/aromatic N) is 2. The van der Waals surface area contributed by atoms with Gasteiger partial charge in [-0.05, 0) is 31.5 Å². The second-order valence-corrected chi connectivity index (χ2v) is 5.75. The minimum atomic E-state index is -0.314. The molecule has 0 spiro atoms. The van der Waals surface area contributed by atoms with Crippen molar-refractivity contribution in [2.45, 2.75) is 38.5 Å². The van der Waals surface area contributed by atoms with Crippen LogP contribution in [-0.2, 0) is 18.3 Å². The van der Waals surface area contributed by atoms with Crippen LogP contribution in [0, 0.1) is 5.82 Å². The summed E-state index contributed by atoms with van der Waals surface area (Å²) >= 11 is 0. The summed E-state index contributed by atoms with van der Waals surface area (Å²) in [5.41, 5.74) is 6.59. The quantitative estimate of drug-likeness (QED) is 0.643. The van der Waals surface area contributed by atoms with Crippen molar-refractivity contribution in [3.8, 4) is 0 Å². The third-order valence-electron chi connectivity index (χ3n) is 3.98. The number of benzene rings is 1. The Morgan fingerprint density at radius 1 is 1.24 bits per heavy atom. The number of halogens is 3. The minimum Gasteiger partial charge on any atom is -0.356 e. The van der Waals surface area contributed by atoms with Crippen LogP contribution in [0.15, 0.2) is 18.2 Å². The van der Waals surface area contributed by atoms with Crippen LogP contribution in [0.25, 0.3) is 11.0 Å². The third kappa shape index (κ3) is 6.80. The highest BCUT2D eigenvalue weighted by Crippen LogP contribution is 2.17. The maximum atomic E-state index is 13.7. The number of aryl methyl sites for hydroxylation is 1. The van der Waals surface area contributed by atoms with E-state index in [9.17, 15) is 9.18 Å². The number of para-hydroxylation sites is 1. The first-order valence-electron chi connectivity index (χ1n) is 8.20. The summed E-state index contributed by atoms with van der Waals surface area (Å²) in [6, 6.07) is 4.93. The minimum absolute atomic E-state index is 0. The SMILES string of the molecule is Cl.Cl.Cn1c(CCNC(=O)CCCCCCN)nc2c(F)cccc21. The molecule has 1 aromatic carbocycles. The van der Waals surface area contributed by atoms with Crippen LogP contribution < -0.4 is 11.1 Å². The predicted molar refractivity (Wildman–Crippen MR) is 104 cm³/mol. The van der Waals surface area contributed by atoms with Gasteiger partial charge in [-0.3, -0.25) is 4.79 Å². The number of unbranched alkanes of at least 4 members (excludes halogenated alkanes) is 3. The zero-order chi connectivity index (χ0) is 16.7. The molecule has 25 heavy (non-hydrogen) atoms. The van der Waals surface area contributed by atoms with Gasteiger partial charge in [0.25, 0.3) is 0 Å². The second kappa shape index (κ2) is 12.1. The summed E-state index contributed by atoms with van der Waals surface area (Å²) < 4.78 is 15.6. The first-order chi connectivity index (χ1) is 11.1. The predicted octanol–water partition coefficient (Wildman–Crippen LogP) is 3.12. The monoisotopic (exact) mass is 392 g/mol. The smallest absolute Gasteiger partial charge is 0.220 e. The lowest BCUT2D eigenvalue weighted by Crippen LogP contribution is -2.26. The van der Waals surface area contributed by atoms with Crippen molar-refractivity contribution in [1.82, 2.24) is 14.9 Å². The number of rotatable bonds is 9. The molecule has 1 aromatic heterocycles. The molecule has 0 saturated carbocycles. The van der Waals surface area contributed by atoms with Gasteiger partial charge in [-0.25, -0.2) is 9.37 Å². The summed E-state index contributed by atoms with van der Waals surface area (Å²) in [6.07, 6.45) is 5.16. The molecule has 3 N–H and O–H groups in total. The fourth-order valence-corrected chi connectivity index (χ4v) is 2.64. The van der Waals surface area contributed by atoms with Gasteiger partial charge < -0.3 is 15.6 Å². The molecule has 2 aromatic rings. The van der Waals surface area contributed by atoms with E-state index in [0.717, 1.165) is 37.0 Å². The Hall–Kier alpha value is -1.37. The van der Waals surface area contributed by atoms with Crippen LogP contribution in [0.2, 0.25) is 0 Å². The molecule has 0 atom stereocenters. The molecule has 1 amide bonds. The van der Waals surface area contributed by atoms with E-state index in [1.807, 2.05) is 17.7 Å². The Labute approximate surface area is 160 Å². The molecule has 0 radical (unpaired) electrons. The molecule has 0 unspecified atom stereocenters. The molecule has 8 heteroatoms. The highest BCUT2D eigenvalue weighted by Gasteiger charge is 2.11. The normalized spacial score (nSPS) is 10.2. The van der Waals surface area contributed by atoms with Crippen LogP contribution in [-0.4, -0.2) is 28.5 Å². The molecule has 0 saturated heterocycles. The molecule has 0 aliphatic rings. The summed E-state index contributed by atoms with van der Waals surface area (Å²) in [6.45, 7) is 1.23. The zero-order valence-corrected chi connectivity index (χ0v) is 16.1. The van der Waals surface area contributed by atoms with E-state index >= 15 is 0 Å². The van der Waals surface area contributed by atoms with Gasteiger partial charge in [0.05, 0.1) is 5.52 Å². The Morgan fingerprint density at radius 3 is 2.64 bits per heavy atom. The Balaban J connectivity index is 0.00000288. The zero-order valence-electron chi connectivity index (χ0n) is 14.5. The first kappa shape index (κ1) is 23.6. The Morgan fingerprint density at radius 2 is 1.96 bits per heavy atom. The Bertz CT molecular complexity index is 663. The number of carbonyl (C=O) groups excluding carboxylic acids is 1. The van der Waals surface area contributed by atoms with Crippen LogP contribution in [0.3, 0.4) is 0 Å². The lowest BCUT2D eigenvalue weighted by atomic mass is 10.1. The van der Waals surface area contributed by atoms with Crippen molar-refractivity contribution in [1.29, 1.82) is 0 Å². The van der Waals surface area contributed by atoms with Crippen LogP contribution in [0.4, 0.5) is 4.39 Å². The van der Waals surface area contributed by atoms with Gasteiger partial charge in [-0.15, -0.1) is 24.8 Å². The fourth-order valence-electron chi connectivity index (χ4n) is 2.64. The van der Waals surface area contributed by atoms with Crippen molar-refractivity contribution in [2.75, 3.05) is 13.1 Å². The summed E-state index contributed by atoms with van der Waals surface area (Å²) in [4.78, 5) is 16.1. The number of carbonyl (C=O) groups is 1. The molecule has 142 valence electrons. The number of hydrogen-bond acceptors (Lipinski definition) is 3. The van der Waals surface area contributed by atoms with Crippen molar-refractivity contribution < 1.29 is 9.18 Å². The molecule has 0 bridgehead atoms. The van der Waals surface area contributed by atoms with Crippen LogP contribution in [0.1, 0.15) is 37.9 Å². The average molecular weight is 393 g/mol. The van der Waals surface area contributed by atoms with Crippen molar-refractivity contribution in [3.63, 3.8) is 0 Å². The molecule has 0 fully saturated rings. The summed E-state index contributed by atoms with van der Waals surface area (Å²) in [5.74, 6) is 0.516. The lowest BCUT2D eigenvalue weighted by Gasteiger charge is -2.05. The number of amides is 1. The number of imidazole rings is 1. The third-order valence-corrected chi connectivity index (χ3v) is 3.98. The molecule has 0 aliphatic heterocycles. The van der Waals surface area contributed by atoms with Gasteiger partial charge in [0.1, 0.15) is 11.3 Å². The number of aromatic nitrogens is 2. The topological polar surface area (TPSA) is 72.9 Å². The fraction of sp³-hybridized carbons (Fsp3) is 0.529. The van der Waals surface area contributed by atoms with Gasteiger partial charge in [0.2, 0.25) is 5.91 Å². The highest BCUT2D eigenvalue weighted by molar-refractivity contribution is 5.85. The first-order valence-corrected chi connectivity index (χ1v) is 8.20. The number of fused-ring (bicyclic) bond motifs is 1. The van der Waals surface area contributed by atoms with E-state index in [1.165, 1.54) is 6.07 Å². The molecule has 2 rings (SSSR count). The molecular weight excluding hydrogens is 366 g/mol. The molecule has 5 nitrogen and oxygen atoms in total. The van der Waals surface area contributed by atoms with Gasteiger partial charge >= 0.3 is 0 Å². The van der Waals surface area contributed by atoms with Crippen LogP contribution >= 0.6 is 24.8 Å². The van der Waals surface area contributed by atoms with E-state index in [4.69, 9.17) is 5.73 Å². The average Bonchev–Trinajstić information content (AvgIpc) is 2.86. The van der Waals surface area contributed by atoms with Crippen molar-refractivity contribution in [2.24, 2.45) is 12.8 Å². The van der Waals surface area contributed by atoms with Gasteiger partial charge in [-0.1, -0.05) is 18.9 Å². The summed E-state index contributed by atoms with van der Waals surface area (Å²) in [5, 5.41) is 2.90. The van der Waals surface area contributed by atoms with Crippen molar-refractivity contribution in [3.05, 3.63) is 29.8 Å². The molecule has 1 heterocycles. The highest BCUT2D eigenvalue weighted by atomic mass is 35.5. The second-order valence-electron chi connectivity index (χ2n) is 5.75. The van der Waals surface area contributed by atoms with Crippen molar-refractivity contribution >= 4 is 41.8 Å². The molecular formula is C17H27Cl2FN4O. The maximum Gasteiger partial charge on any atom is 0.220 e. The van der Waals surface area contributed by atoms with E-state index in [0.29, 0.717) is 31.4 Å². The van der Waals surface area contributed by atoms with Crippen LogP contribution in [0.5, 0.6) is 0 Å². The number of nitrogens with one attached hydrogen (secondary N) is 1. The Kier molecular flexibility index (Phi) is 11.4. The summed E-state index contributed by atoms with van der Waals surface area (Å²) in [7, 11) is 1.86.